The van der Waals surface area contributed by atoms with E-state index in [-0.39, 0.29) is 36.3 Å². The first-order valence-corrected chi connectivity index (χ1v) is 18.4. The Balaban J connectivity index is 1.76. The number of nitrogens with zero attached hydrogens (tertiary/aromatic N) is 1. The highest BCUT2D eigenvalue weighted by atomic mass is 32.2. The van der Waals surface area contributed by atoms with E-state index in [0.717, 1.165) is 17.1 Å². The summed E-state index contributed by atoms with van der Waals surface area (Å²) in [7, 11) is 0. The van der Waals surface area contributed by atoms with E-state index < -0.39 is 71.8 Å². The summed E-state index contributed by atoms with van der Waals surface area (Å²) in [4.78, 5) is 97.0. The number of likely N-dealkylation sites (tertiary alicyclic amines) is 1. The number of amides is 6. The first-order chi connectivity index (χ1) is 24.5. The Morgan fingerprint density at radius 1 is 0.942 bits per heavy atom. The van der Waals surface area contributed by atoms with Crippen molar-refractivity contribution in [2.24, 2.45) is 11.8 Å². The molecule has 0 bridgehead atoms. The number of carboxylic acid groups (broad SMARTS) is 1. The minimum Gasteiger partial charge on any atom is -0.480 e. The molecule has 2 aliphatic rings. The van der Waals surface area contributed by atoms with Gasteiger partial charge < -0.3 is 46.7 Å². The number of carboxylic acids is 1. The third-order valence-electron chi connectivity index (χ3n) is 9.29. The van der Waals surface area contributed by atoms with Gasteiger partial charge in [0.1, 0.15) is 30.2 Å². The molecule has 6 amide bonds. The molecule has 6 atom stereocenters. The maximum absolute atomic E-state index is 14.2. The van der Waals surface area contributed by atoms with Gasteiger partial charge >= 0.3 is 5.97 Å². The second kappa shape index (κ2) is 17.7. The van der Waals surface area contributed by atoms with E-state index in [0.29, 0.717) is 42.0 Å². The quantitative estimate of drug-likeness (QED) is 0.198. The van der Waals surface area contributed by atoms with Crippen molar-refractivity contribution in [2.75, 3.05) is 18.8 Å². The van der Waals surface area contributed by atoms with Gasteiger partial charge in [-0.25, -0.2) is 4.79 Å². The van der Waals surface area contributed by atoms with Crippen LogP contribution in [0.15, 0.2) is 29.3 Å². The van der Waals surface area contributed by atoms with Crippen LogP contribution in [0.3, 0.4) is 0 Å². The van der Waals surface area contributed by atoms with E-state index in [4.69, 9.17) is 0 Å². The molecule has 284 valence electrons. The highest BCUT2D eigenvalue weighted by molar-refractivity contribution is 7.99. The van der Waals surface area contributed by atoms with E-state index in [9.17, 15) is 43.8 Å². The molecule has 1 saturated heterocycles. The van der Waals surface area contributed by atoms with E-state index in [2.05, 4.69) is 31.6 Å². The Labute approximate surface area is 306 Å². The third kappa shape index (κ3) is 10.2. The highest BCUT2D eigenvalue weighted by Crippen LogP contribution is 2.32. The number of rotatable bonds is 6. The Bertz CT molecular complexity index is 1670. The number of hydrogen-bond donors (Lipinski definition) is 8. The summed E-state index contributed by atoms with van der Waals surface area (Å²) >= 11 is 1.08. The zero-order chi connectivity index (χ0) is 38.3. The number of piperidine rings is 1. The van der Waals surface area contributed by atoms with Gasteiger partial charge in [0, 0.05) is 49.0 Å². The van der Waals surface area contributed by atoms with Gasteiger partial charge in [0.15, 0.2) is 0 Å². The number of thioether (sulfide) groups is 1. The summed E-state index contributed by atoms with van der Waals surface area (Å²) in [6.45, 7) is 8.62. The SMILES string of the molecule is CC(=O)N1CCC(C(=O)N[C@H]2Cc3c([nH]c4ccccc34)SC[C@@H](C(=O)O)NC(=O)[C@H]([C@@H](C)O)NC(=O)[C@@H](C)NC(=O)[C@H](CC(C)C)NC2=O)CC1. The number of aliphatic hydroxyl groups is 1. The molecule has 0 spiro atoms. The Morgan fingerprint density at radius 2 is 1.62 bits per heavy atom. The van der Waals surface area contributed by atoms with Gasteiger partial charge in [0.25, 0.3) is 0 Å². The van der Waals surface area contributed by atoms with Gasteiger partial charge in [-0.1, -0.05) is 32.0 Å². The predicted molar refractivity (Wildman–Crippen MR) is 192 cm³/mol. The third-order valence-corrected chi connectivity index (χ3v) is 10.4. The van der Waals surface area contributed by atoms with Crippen LogP contribution in [0.4, 0.5) is 0 Å². The van der Waals surface area contributed by atoms with Crippen LogP contribution in [-0.2, 0) is 40.0 Å². The Kier molecular flexibility index (Phi) is 13.7. The van der Waals surface area contributed by atoms with Crippen LogP contribution in [0, 0.1) is 11.8 Å². The topological polar surface area (TPSA) is 239 Å². The number of benzene rings is 1. The highest BCUT2D eigenvalue weighted by Gasteiger charge is 2.35. The van der Waals surface area contributed by atoms with Crippen molar-refractivity contribution in [1.29, 1.82) is 0 Å². The predicted octanol–water partition coefficient (Wildman–Crippen LogP) is 0.0300. The first-order valence-electron chi connectivity index (χ1n) is 17.5. The number of para-hydroxylation sites is 1. The van der Waals surface area contributed by atoms with Gasteiger partial charge in [-0.15, -0.1) is 11.8 Å². The molecule has 2 aliphatic heterocycles. The van der Waals surface area contributed by atoms with Crippen molar-refractivity contribution in [3.63, 3.8) is 0 Å². The minimum atomic E-state index is -1.54. The summed E-state index contributed by atoms with van der Waals surface area (Å²) < 4.78 is 0. The molecule has 16 nitrogen and oxygen atoms in total. The molecule has 0 unspecified atom stereocenters. The molecule has 2 aromatic rings. The number of aliphatic hydroxyl groups excluding tert-OH is 1. The molecule has 3 heterocycles. The van der Waals surface area contributed by atoms with Gasteiger partial charge in [0.2, 0.25) is 35.4 Å². The number of carbonyl (C=O) groups excluding carboxylic acids is 6. The molecule has 0 aliphatic carbocycles. The van der Waals surface area contributed by atoms with Crippen molar-refractivity contribution >= 4 is 64.1 Å². The van der Waals surface area contributed by atoms with E-state index in [1.54, 1.807) is 17.0 Å². The summed E-state index contributed by atoms with van der Waals surface area (Å²) in [5.74, 6) is -5.61. The zero-order valence-corrected chi connectivity index (χ0v) is 30.8. The van der Waals surface area contributed by atoms with Crippen LogP contribution in [0.5, 0.6) is 0 Å². The number of H-pyrrole nitrogens is 1. The number of aliphatic carboxylic acids is 1. The molecule has 1 aromatic carbocycles. The lowest BCUT2D eigenvalue weighted by atomic mass is 9.94. The largest absolute Gasteiger partial charge is 0.480 e. The smallest absolute Gasteiger partial charge is 0.327 e. The van der Waals surface area contributed by atoms with Crippen molar-refractivity contribution in [2.45, 2.75) is 102 Å². The molecular formula is C35H49N7O9S. The molecule has 1 aromatic heterocycles. The average molecular weight is 744 g/mol. The van der Waals surface area contributed by atoms with Crippen LogP contribution in [-0.4, -0.2) is 117 Å². The lowest BCUT2D eigenvalue weighted by Gasteiger charge is -2.32. The van der Waals surface area contributed by atoms with Crippen LogP contribution >= 0.6 is 11.8 Å². The average Bonchev–Trinajstić information content (AvgIpc) is 3.43. The van der Waals surface area contributed by atoms with Gasteiger partial charge in [-0.05, 0) is 50.7 Å². The summed E-state index contributed by atoms with van der Waals surface area (Å²) in [6, 6.07) is 0.748. The summed E-state index contributed by atoms with van der Waals surface area (Å²) in [5.41, 5.74) is 1.29. The van der Waals surface area contributed by atoms with Crippen molar-refractivity contribution in [3.05, 3.63) is 29.8 Å². The molecule has 4 rings (SSSR count). The molecule has 17 heteroatoms. The molecule has 0 radical (unpaired) electrons. The van der Waals surface area contributed by atoms with Gasteiger partial charge in [0.05, 0.1) is 11.1 Å². The summed E-state index contributed by atoms with van der Waals surface area (Å²) in [5, 5.41) is 34.6. The van der Waals surface area contributed by atoms with E-state index >= 15 is 0 Å². The monoisotopic (exact) mass is 743 g/mol. The zero-order valence-electron chi connectivity index (χ0n) is 30.0. The van der Waals surface area contributed by atoms with Gasteiger partial charge in [-0.2, -0.15) is 0 Å². The first kappa shape index (κ1) is 40.1. The molecule has 1 fully saturated rings. The fourth-order valence-corrected chi connectivity index (χ4v) is 7.41. The lowest BCUT2D eigenvalue weighted by molar-refractivity contribution is -0.142. The maximum Gasteiger partial charge on any atom is 0.327 e. The van der Waals surface area contributed by atoms with Crippen molar-refractivity contribution < 1.29 is 43.8 Å². The molecule has 52 heavy (non-hydrogen) atoms. The normalized spacial score (nSPS) is 25.1. The second-order valence-corrected chi connectivity index (χ2v) is 14.9. The Hall–Kier alpha value is -4.64. The standard InChI is InChI=1S/C35H49N7O9S/c1-17(2)14-25-31(47)36-18(3)29(45)41-28(19(4)43)33(49)39-27(35(50)51)16-52-34-23(22-8-6-7-9-24(22)40-34)15-26(32(48)38-25)37-30(46)21-10-12-42(13-11-21)20(5)44/h6-9,17-19,21,25-28,40,43H,10-16H2,1-5H3,(H,36,47)(H,37,46)(H,38,48)(H,39,49)(H,41,45)(H,50,51)/t18-,19-,25+,26+,27+,28+/m1/s1. The number of aromatic nitrogens is 1. The number of nitrogens with one attached hydrogen (secondary N) is 6. The molecule has 8 N–H and O–H groups in total. The summed E-state index contributed by atoms with van der Waals surface area (Å²) in [6.07, 6.45) is -0.449. The number of fused-ring (bicyclic) bond motifs is 3. The van der Waals surface area contributed by atoms with E-state index in [1.807, 2.05) is 26.0 Å². The van der Waals surface area contributed by atoms with Crippen molar-refractivity contribution in [3.8, 4) is 0 Å². The van der Waals surface area contributed by atoms with Crippen LogP contribution < -0.4 is 26.6 Å². The molecular weight excluding hydrogens is 694 g/mol. The Morgan fingerprint density at radius 3 is 2.23 bits per heavy atom. The number of carbonyl (C=O) groups is 7. The van der Waals surface area contributed by atoms with E-state index in [1.165, 1.54) is 20.8 Å². The van der Waals surface area contributed by atoms with Crippen LogP contribution in [0.1, 0.15) is 59.4 Å². The van der Waals surface area contributed by atoms with Gasteiger partial charge in [-0.3, -0.25) is 28.8 Å². The number of aromatic amines is 1. The number of hydrogen-bond acceptors (Lipinski definition) is 9. The van der Waals surface area contributed by atoms with Crippen molar-refractivity contribution in [1.82, 2.24) is 36.5 Å². The lowest BCUT2D eigenvalue weighted by Crippen LogP contribution is -2.60. The fourth-order valence-electron chi connectivity index (χ4n) is 6.30. The fraction of sp³-hybridized carbons (Fsp3) is 0.571. The van der Waals surface area contributed by atoms with Crippen LogP contribution in [0.25, 0.3) is 10.9 Å². The minimum absolute atomic E-state index is 0.0424. The second-order valence-electron chi connectivity index (χ2n) is 13.9. The van der Waals surface area contributed by atoms with Crippen LogP contribution in [0.2, 0.25) is 0 Å². The maximum atomic E-state index is 14.2. The molecule has 0 saturated carbocycles.